The molecule has 4 nitrogen and oxygen atoms in total. The molecule has 4 rings (SSSR count). The largest absolute Gasteiger partial charge is 0.275 e. The van der Waals surface area contributed by atoms with Gasteiger partial charge in [0.1, 0.15) is 11.2 Å². The van der Waals surface area contributed by atoms with Crippen molar-refractivity contribution in [3.63, 3.8) is 0 Å². The quantitative estimate of drug-likeness (QED) is 0.561. The summed E-state index contributed by atoms with van der Waals surface area (Å²) in [6.07, 6.45) is 3.56. The molecule has 4 aromatic rings. The van der Waals surface area contributed by atoms with Gasteiger partial charge in [-0.3, -0.25) is 9.55 Å². The first-order valence-electron chi connectivity index (χ1n) is 6.74. The van der Waals surface area contributed by atoms with Gasteiger partial charge in [-0.25, -0.2) is 9.97 Å². The molecule has 1 aromatic carbocycles. The van der Waals surface area contributed by atoms with Crippen LogP contribution in [0.5, 0.6) is 0 Å². The van der Waals surface area contributed by atoms with E-state index in [1.54, 1.807) is 12.4 Å². The Morgan fingerprint density at radius 1 is 0.714 bits per heavy atom. The van der Waals surface area contributed by atoms with Crippen LogP contribution in [0.25, 0.3) is 28.4 Å². The Bertz CT molecular complexity index is 882. The number of nitrogens with zero attached hydrogens (tertiary/aromatic N) is 4. The molecule has 3 aromatic heterocycles. The number of imidazole rings is 1. The van der Waals surface area contributed by atoms with Crippen LogP contribution in [-0.4, -0.2) is 19.5 Å². The number of aromatic nitrogens is 4. The van der Waals surface area contributed by atoms with Crippen LogP contribution in [0.2, 0.25) is 0 Å². The minimum Gasteiger partial charge on any atom is -0.275 e. The van der Waals surface area contributed by atoms with Gasteiger partial charge < -0.3 is 0 Å². The standard InChI is InChI=1S/C17H12N4/c1-2-7-13(8-3-1)21-16-15(10-6-12-19-16)20-17(21)14-9-4-5-11-18-14/h1-12H. The highest BCUT2D eigenvalue weighted by atomic mass is 15.1. The van der Waals surface area contributed by atoms with E-state index in [1.807, 2.05) is 65.2 Å². The average Bonchev–Trinajstić information content (AvgIpc) is 2.96. The van der Waals surface area contributed by atoms with Crippen molar-refractivity contribution in [2.24, 2.45) is 0 Å². The Morgan fingerprint density at radius 2 is 1.52 bits per heavy atom. The SMILES string of the molecule is c1ccc(-n2c(-c3ccccn3)nc3cccnc32)cc1. The number of para-hydroxylation sites is 1. The van der Waals surface area contributed by atoms with Crippen LogP contribution in [0.3, 0.4) is 0 Å². The van der Waals surface area contributed by atoms with Crippen LogP contribution >= 0.6 is 0 Å². The highest BCUT2D eigenvalue weighted by molar-refractivity contribution is 5.79. The maximum Gasteiger partial charge on any atom is 0.165 e. The molecule has 0 aliphatic rings. The number of fused-ring (bicyclic) bond motifs is 1. The molecule has 0 spiro atoms. The molecule has 0 saturated heterocycles. The van der Waals surface area contributed by atoms with E-state index < -0.39 is 0 Å². The molecule has 21 heavy (non-hydrogen) atoms. The second-order valence-electron chi connectivity index (χ2n) is 4.67. The maximum absolute atomic E-state index is 4.70. The van der Waals surface area contributed by atoms with Crippen molar-refractivity contribution in [3.05, 3.63) is 73.1 Å². The molecule has 0 atom stereocenters. The molecule has 0 aliphatic carbocycles. The molecule has 0 radical (unpaired) electrons. The molecular formula is C17H12N4. The lowest BCUT2D eigenvalue weighted by Gasteiger charge is -2.07. The van der Waals surface area contributed by atoms with Crippen LogP contribution in [0.1, 0.15) is 0 Å². The van der Waals surface area contributed by atoms with Crippen molar-refractivity contribution in [1.82, 2.24) is 19.5 Å². The number of pyridine rings is 2. The first-order valence-corrected chi connectivity index (χ1v) is 6.74. The second kappa shape index (κ2) is 4.83. The van der Waals surface area contributed by atoms with Gasteiger partial charge in [0.2, 0.25) is 0 Å². The molecule has 0 amide bonds. The molecule has 0 N–H and O–H groups in total. The molecule has 0 saturated carbocycles. The Kier molecular flexibility index (Phi) is 2.71. The number of hydrogen-bond acceptors (Lipinski definition) is 3. The normalized spacial score (nSPS) is 10.9. The number of rotatable bonds is 2. The Hall–Kier alpha value is -3.01. The predicted molar refractivity (Wildman–Crippen MR) is 82.1 cm³/mol. The Morgan fingerprint density at radius 3 is 2.33 bits per heavy atom. The summed E-state index contributed by atoms with van der Waals surface area (Å²) in [6.45, 7) is 0. The Labute approximate surface area is 121 Å². The summed E-state index contributed by atoms with van der Waals surface area (Å²) in [6, 6.07) is 19.8. The molecule has 0 unspecified atom stereocenters. The lowest BCUT2D eigenvalue weighted by Crippen LogP contribution is -1.99. The molecule has 0 fully saturated rings. The van der Waals surface area contributed by atoms with E-state index in [9.17, 15) is 0 Å². The summed E-state index contributed by atoms with van der Waals surface area (Å²) >= 11 is 0. The van der Waals surface area contributed by atoms with Gasteiger partial charge >= 0.3 is 0 Å². The summed E-state index contributed by atoms with van der Waals surface area (Å²) in [7, 11) is 0. The fourth-order valence-corrected chi connectivity index (χ4v) is 2.40. The van der Waals surface area contributed by atoms with E-state index in [0.717, 1.165) is 28.4 Å². The molecule has 0 aliphatic heterocycles. The van der Waals surface area contributed by atoms with Crippen molar-refractivity contribution in [2.75, 3.05) is 0 Å². The third-order valence-corrected chi connectivity index (χ3v) is 3.32. The fourth-order valence-electron chi connectivity index (χ4n) is 2.40. The maximum atomic E-state index is 4.70. The fraction of sp³-hybridized carbons (Fsp3) is 0. The van der Waals surface area contributed by atoms with Crippen molar-refractivity contribution < 1.29 is 0 Å². The highest BCUT2D eigenvalue weighted by Gasteiger charge is 2.15. The second-order valence-corrected chi connectivity index (χ2v) is 4.67. The molecule has 0 bridgehead atoms. The highest BCUT2D eigenvalue weighted by Crippen LogP contribution is 2.25. The predicted octanol–water partition coefficient (Wildman–Crippen LogP) is 3.48. The minimum atomic E-state index is 0.801. The summed E-state index contributed by atoms with van der Waals surface area (Å²) < 4.78 is 2.04. The zero-order chi connectivity index (χ0) is 14.1. The molecular weight excluding hydrogens is 260 g/mol. The number of benzene rings is 1. The van der Waals surface area contributed by atoms with Gasteiger partial charge in [-0.2, -0.15) is 0 Å². The topological polar surface area (TPSA) is 43.6 Å². The molecule has 4 heteroatoms. The third kappa shape index (κ3) is 1.97. The van der Waals surface area contributed by atoms with Crippen LogP contribution < -0.4 is 0 Å². The van der Waals surface area contributed by atoms with Crippen LogP contribution in [0, 0.1) is 0 Å². The smallest absolute Gasteiger partial charge is 0.165 e. The molecule has 3 heterocycles. The average molecular weight is 272 g/mol. The first-order chi connectivity index (χ1) is 10.4. The summed E-state index contributed by atoms with van der Waals surface area (Å²) in [4.78, 5) is 13.6. The zero-order valence-corrected chi connectivity index (χ0v) is 11.2. The van der Waals surface area contributed by atoms with E-state index in [-0.39, 0.29) is 0 Å². The van der Waals surface area contributed by atoms with Crippen molar-refractivity contribution in [3.8, 4) is 17.2 Å². The minimum absolute atomic E-state index is 0.801. The zero-order valence-electron chi connectivity index (χ0n) is 11.2. The van der Waals surface area contributed by atoms with Crippen LogP contribution in [-0.2, 0) is 0 Å². The van der Waals surface area contributed by atoms with Crippen molar-refractivity contribution in [1.29, 1.82) is 0 Å². The van der Waals surface area contributed by atoms with E-state index in [4.69, 9.17) is 4.98 Å². The summed E-state index contributed by atoms with van der Waals surface area (Å²) in [5.74, 6) is 0.801. The lowest BCUT2D eigenvalue weighted by atomic mass is 10.3. The van der Waals surface area contributed by atoms with Crippen molar-refractivity contribution >= 4 is 11.2 Å². The molecule has 100 valence electrons. The monoisotopic (exact) mass is 272 g/mol. The van der Waals surface area contributed by atoms with Gasteiger partial charge in [-0.1, -0.05) is 24.3 Å². The van der Waals surface area contributed by atoms with Crippen LogP contribution in [0.15, 0.2) is 73.1 Å². The van der Waals surface area contributed by atoms with Gasteiger partial charge in [0.15, 0.2) is 11.5 Å². The lowest BCUT2D eigenvalue weighted by molar-refractivity contribution is 1.06. The Balaban J connectivity index is 2.07. The van der Waals surface area contributed by atoms with E-state index in [0.29, 0.717) is 0 Å². The summed E-state index contributed by atoms with van der Waals surface area (Å²) in [5, 5.41) is 0. The van der Waals surface area contributed by atoms with Gasteiger partial charge in [-0.15, -0.1) is 0 Å². The van der Waals surface area contributed by atoms with Gasteiger partial charge in [0.05, 0.1) is 0 Å². The number of hydrogen-bond donors (Lipinski definition) is 0. The van der Waals surface area contributed by atoms with E-state index in [1.165, 1.54) is 0 Å². The van der Waals surface area contributed by atoms with E-state index >= 15 is 0 Å². The summed E-state index contributed by atoms with van der Waals surface area (Å²) in [5.41, 5.74) is 3.56. The van der Waals surface area contributed by atoms with Gasteiger partial charge in [-0.05, 0) is 36.4 Å². The first kappa shape index (κ1) is 11.8. The van der Waals surface area contributed by atoms with Crippen LogP contribution in [0.4, 0.5) is 0 Å². The van der Waals surface area contributed by atoms with Gasteiger partial charge in [0, 0.05) is 18.1 Å². The third-order valence-electron chi connectivity index (χ3n) is 3.32. The van der Waals surface area contributed by atoms with E-state index in [2.05, 4.69) is 9.97 Å². The van der Waals surface area contributed by atoms with Gasteiger partial charge in [0.25, 0.3) is 0 Å². The van der Waals surface area contributed by atoms with Crippen molar-refractivity contribution in [2.45, 2.75) is 0 Å².